The van der Waals surface area contributed by atoms with Crippen LogP contribution in [0.3, 0.4) is 0 Å². The minimum absolute atomic E-state index is 0.728. The largest absolute Gasteiger partial charge is 0.491 e. The third-order valence-electron chi connectivity index (χ3n) is 3.71. The Morgan fingerprint density at radius 3 is 2.95 bits per heavy atom. The maximum absolute atomic E-state index is 5.99. The van der Waals surface area contributed by atoms with E-state index in [-0.39, 0.29) is 0 Å². The average Bonchev–Trinajstić information content (AvgIpc) is 2.76. The average molecular weight is 281 g/mol. The van der Waals surface area contributed by atoms with Crippen molar-refractivity contribution < 1.29 is 4.74 Å². The van der Waals surface area contributed by atoms with Crippen LogP contribution in [0.5, 0.6) is 5.75 Å². The molecule has 0 amide bonds. The molecule has 20 heavy (non-hydrogen) atoms. The minimum Gasteiger partial charge on any atom is -0.491 e. The van der Waals surface area contributed by atoms with Gasteiger partial charge in [0.2, 0.25) is 0 Å². The van der Waals surface area contributed by atoms with Gasteiger partial charge < -0.3 is 10.1 Å². The molecule has 2 heterocycles. The molecule has 1 N–H and O–H groups in total. The summed E-state index contributed by atoms with van der Waals surface area (Å²) in [6, 6.07) is 15.0. The lowest BCUT2D eigenvalue weighted by Gasteiger charge is -2.12. The highest BCUT2D eigenvalue weighted by molar-refractivity contribution is 7.17. The van der Waals surface area contributed by atoms with E-state index in [2.05, 4.69) is 53.2 Å². The predicted octanol–water partition coefficient (Wildman–Crippen LogP) is 4.05. The van der Waals surface area contributed by atoms with Crippen LogP contribution in [0.15, 0.2) is 47.8 Å². The summed E-state index contributed by atoms with van der Waals surface area (Å²) in [5, 5.41) is 6.94. The lowest BCUT2D eigenvalue weighted by molar-refractivity contribution is 0.327. The quantitative estimate of drug-likeness (QED) is 0.726. The van der Waals surface area contributed by atoms with Crippen molar-refractivity contribution in [1.82, 2.24) is 5.32 Å². The molecule has 2 aromatic carbocycles. The number of rotatable bonds is 1. The van der Waals surface area contributed by atoms with Gasteiger partial charge in [-0.1, -0.05) is 36.4 Å². The van der Waals surface area contributed by atoms with Crippen LogP contribution in [0, 0.1) is 0 Å². The number of ether oxygens (including phenoxy) is 1. The molecule has 0 aliphatic carbocycles. The van der Waals surface area contributed by atoms with Crippen LogP contribution in [0.1, 0.15) is 5.56 Å². The molecule has 3 heteroatoms. The number of thiophene rings is 1. The van der Waals surface area contributed by atoms with Gasteiger partial charge in [-0.05, 0) is 11.4 Å². The van der Waals surface area contributed by atoms with Crippen molar-refractivity contribution in [3.8, 4) is 16.9 Å². The smallest absolute Gasteiger partial charge is 0.131 e. The molecule has 4 rings (SSSR count). The van der Waals surface area contributed by atoms with Crippen LogP contribution in [0.2, 0.25) is 0 Å². The molecule has 0 atom stereocenters. The van der Waals surface area contributed by atoms with Gasteiger partial charge in [-0.25, -0.2) is 0 Å². The zero-order chi connectivity index (χ0) is 13.4. The summed E-state index contributed by atoms with van der Waals surface area (Å²) < 4.78 is 7.32. The van der Waals surface area contributed by atoms with E-state index < -0.39 is 0 Å². The van der Waals surface area contributed by atoms with E-state index in [0.29, 0.717) is 0 Å². The van der Waals surface area contributed by atoms with E-state index in [0.717, 1.165) is 25.4 Å². The topological polar surface area (TPSA) is 21.3 Å². The Labute approximate surface area is 122 Å². The molecule has 1 aliphatic heterocycles. The molecule has 0 saturated heterocycles. The van der Waals surface area contributed by atoms with Gasteiger partial charge in [0.1, 0.15) is 12.4 Å². The molecule has 0 bridgehead atoms. The molecule has 2 nitrogen and oxygen atoms in total. The first-order chi connectivity index (χ1) is 9.93. The van der Waals surface area contributed by atoms with E-state index in [1.165, 1.54) is 26.8 Å². The predicted molar refractivity (Wildman–Crippen MR) is 84.5 cm³/mol. The molecule has 3 aromatic rings. The zero-order valence-electron chi connectivity index (χ0n) is 11.1. The van der Waals surface area contributed by atoms with Crippen LogP contribution < -0.4 is 10.1 Å². The number of fused-ring (bicyclic) bond motifs is 2. The molecule has 0 radical (unpaired) electrons. The van der Waals surface area contributed by atoms with Crippen molar-refractivity contribution in [2.45, 2.75) is 6.54 Å². The summed E-state index contributed by atoms with van der Waals surface area (Å²) in [4.78, 5) is 0. The Hall–Kier alpha value is -1.84. The van der Waals surface area contributed by atoms with Crippen LogP contribution in [0.25, 0.3) is 21.2 Å². The highest BCUT2D eigenvalue weighted by Gasteiger charge is 2.16. The first-order valence-corrected chi connectivity index (χ1v) is 7.73. The number of benzene rings is 2. The molecular weight excluding hydrogens is 266 g/mol. The lowest BCUT2D eigenvalue weighted by Crippen LogP contribution is -2.16. The molecule has 1 aliphatic rings. The van der Waals surface area contributed by atoms with Crippen molar-refractivity contribution in [3.63, 3.8) is 0 Å². The van der Waals surface area contributed by atoms with Crippen molar-refractivity contribution in [2.75, 3.05) is 13.2 Å². The second kappa shape index (κ2) is 4.93. The van der Waals surface area contributed by atoms with Gasteiger partial charge in [0, 0.05) is 39.9 Å². The third-order valence-corrected chi connectivity index (χ3v) is 4.67. The number of hydrogen-bond acceptors (Lipinski definition) is 3. The molecule has 0 unspecified atom stereocenters. The van der Waals surface area contributed by atoms with E-state index in [1.54, 1.807) is 11.3 Å². The summed E-state index contributed by atoms with van der Waals surface area (Å²) >= 11 is 1.79. The van der Waals surface area contributed by atoms with Gasteiger partial charge in [0.25, 0.3) is 0 Å². The van der Waals surface area contributed by atoms with Crippen molar-refractivity contribution in [1.29, 1.82) is 0 Å². The van der Waals surface area contributed by atoms with E-state index in [9.17, 15) is 0 Å². The fourth-order valence-corrected chi connectivity index (χ4v) is 3.70. The summed E-state index contributed by atoms with van der Waals surface area (Å²) in [7, 11) is 0. The molecule has 0 spiro atoms. The first-order valence-electron chi connectivity index (χ1n) is 6.85. The molecular formula is C17H15NOS. The number of nitrogens with one attached hydrogen (secondary N) is 1. The summed E-state index contributed by atoms with van der Waals surface area (Å²) in [6.45, 7) is 2.51. The molecule has 0 saturated carbocycles. The van der Waals surface area contributed by atoms with Gasteiger partial charge >= 0.3 is 0 Å². The van der Waals surface area contributed by atoms with Crippen LogP contribution in [-0.4, -0.2) is 13.2 Å². The van der Waals surface area contributed by atoms with Gasteiger partial charge in [0.05, 0.1) is 0 Å². The maximum Gasteiger partial charge on any atom is 0.131 e. The Morgan fingerprint density at radius 2 is 1.95 bits per heavy atom. The van der Waals surface area contributed by atoms with Gasteiger partial charge in [-0.2, -0.15) is 0 Å². The SMILES string of the molecule is c1cc2c(c(-c3csc4ccccc34)c1)OCCNC2. The zero-order valence-corrected chi connectivity index (χ0v) is 11.9. The second-order valence-corrected chi connectivity index (χ2v) is 5.88. The summed E-state index contributed by atoms with van der Waals surface area (Å²) in [5.41, 5.74) is 3.74. The Kier molecular flexibility index (Phi) is 2.94. The normalized spacial score (nSPS) is 14.6. The monoisotopic (exact) mass is 281 g/mol. The lowest BCUT2D eigenvalue weighted by atomic mass is 10.0. The summed E-state index contributed by atoms with van der Waals surface area (Å²) in [6.07, 6.45) is 0. The highest BCUT2D eigenvalue weighted by atomic mass is 32.1. The number of hydrogen-bond donors (Lipinski definition) is 1. The maximum atomic E-state index is 5.99. The van der Waals surface area contributed by atoms with Crippen LogP contribution in [-0.2, 0) is 6.54 Å². The molecule has 100 valence electrons. The van der Waals surface area contributed by atoms with E-state index in [4.69, 9.17) is 4.74 Å². The molecule has 1 aromatic heterocycles. The first kappa shape index (κ1) is 11.9. The minimum atomic E-state index is 0.728. The van der Waals surface area contributed by atoms with Crippen molar-refractivity contribution >= 4 is 21.4 Å². The van der Waals surface area contributed by atoms with Gasteiger partial charge in [0.15, 0.2) is 0 Å². The van der Waals surface area contributed by atoms with E-state index >= 15 is 0 Å². The second-order valence-electron chi connectivity index (χ2n) is 4.96. The van der Waals surface area contributed by atoms with Crippen LogP contribution >= 0.6 is 11.3 Å². The number of para-hydroxylation sites is 1. The fourth-order valence-electron chi connectivity index (χ4n) is 2.74. The van der Waals surface area contributed by atoms with Gasteiger partial charge in [-0.3, -0.25) is 0 Å². The Morgan fingerprint density at radius 1 is 1.00 bits per heavy atom. The third kappa shape index (κ3) is 1.90. The van der Waals surface area contributed by atoms with Crippen molar-refractivity contribution in [3.05, 3.63) is 53.4 Å². The standard InChI is InChI=1S/C17H15NOS/c1-2-7-16-13(5-1)15(11-20-16)14-6-3-4-12-10-18-8-9-19-17(12)14/h1-7,11,18H,8-10H2. The van der Waals surface area contributed by atoms with Crippen LogP contribution in [0.4, 0.5) is 0 Å². The highest BCUT2D eigenvalue weighted by Crippen LogP contribution is 2.40. The summed E-state index contributed by atoms with van der Waals surface area (Å²) in [5.74, 6) is 1.04. The Balaban J connectivity index is 1.94. The molecule has 0 fully saturated rings. The van der Waals surface area contributed by atoms with E-state index in [1.807, 2.05) is 0 Å². The van der Waals surface area contributed by atoms with Crippen molar-refractivity contribution in [2.24, 2.45) is 0 Å². The Bertz CT molecular complexity index is 763. The fraction of sp³-hybridized carbons (Fsp3) is 0.176. The van der Waals surface area contributed by atoms with Gasteiger partial charge in [-0.15, -0.1) is 11.3 Å².